The van der Waals surface area contributed by atoms with Crippen LogP contribution in [0.2, 0.25) is 0 Å². The van der Waals surface area contributed by atoms with Gasteiger partial charge >= 0.3 is 6.09 Å². The fourth-order valence-corrected chi connectivity index (χ4v) is 3.32. The lowest BCUT2D eigenvalue weighted by Gasteiger charge is -2.45. The van der Waals surface area contributed by atoms with E-state index in [-0.39, 0.29) is 18.6 Å². The fourth-order valence-electron chi connectivity index (χ4n) is 2.99. The van der Waals surface area contributed by atoms with Crippen LogP contribution in [-0.4, -0.2) is 30.3 Å². The molecule has 0 aliphatic heterocycles. The third-order valence-corrected chi connectivity index (χ3v) is 5.20. The largest absolute Gasteiger partial charge is 0.443 e. The van der Waals surface area contributed by atoms with Gasteiger partial charge in [0.15, 0.2) is 0 Å². The monoisotopic (exact) mass is 409 g/mol. The molecule has 0 heterocycles. The summed E-state index contributed by atoms with van der Waals surface area (Å²) in [6, 6.07) is 0. The fraction of sp³-hybridized carbons (Fsp3) is 0.667. The van der Waals surface area contributed by atoms with E-state index in [0.717, 1.165) is 36.6 Å². The normalized spacial score (nSPS) is 20.4. The van der Waals surface area contributed by atoms with Crippen molar-refractivity contribution in [1.29, 1.82) is 0 Å². The molecule has 1 fully saturated rings. The number of carbonyl (C=O) groups is 1. The first kappa shape index (κ1) is 19.2. The maximum atomic E-state index is 12.4. The summed E-state index contributed by atoms with van der Waals surface area (Å²) >= 11 is 3.49. The number of nitrogens with zero attached hydrogens (tertiary/aromatic N) is 6. The Morgan fingerprint density at radius 1 is 1.32 bits per heavy atom. The average molecular weight is 410 g/mol. The summed E-state index contributed by atoms with van der Waals surface area (Å²) in [5.41, 5.74) is 16.6. The number of carbonyl (C=O) groups excluding carboxylic acids is 1. The third kappa shape index (κ3) is 4.92. The van der Waals surface area contributed by atoms with E-state index < -0.39 is 11.7 Å². The molecule has 134 valence electrons. The Labute approximate surface area is 153 Å². The average Bonchev–Trinajstić information content (AvgIpc) is 2.55. The number of hydrogen-bond donors (Lipinski definition) is 1. The van der Waals surface area contributed by atoms with Gasteiger partial charge < -0.3 is 10.1 Å². The van der Waals surface area contributed by atoms with Crippen molar-refractivity contribution in [3.63, 3.8) is 0 Å². The molecule has 0 aromatic rings. The van der Waals surface area contributed by atoms with Gasteiger partial charge in [0.25, 0.3) is 0 Å². The quantitative estimate of drug-likeness (QED) is 0.358. The summed E-state index contributed by atoms with van der Waals surface area (Å²) in [5.74, 6) is 0. The minimum atomic E-state index is -1.18. The van der Waals surface area contributed by atoms with Crippen LogP contribution >= 0.6 is 15.9 Å². The second kappa shape index (κ2) is 8.29. The molecule has 0 aromatic carbocycles. The first-order valence-corrected chi connectivity index (χ1v) is 8.81. The van der Waals surface area contributed by atoms with E-state index in [4.69, 9.17) is 15.8 Å². The van der Waals surface area contributed by atoms with E-state index in [0.29, 0.717) is 0 Å². The molecule has 2 aliphatic carbocycles. The van der Waals surface area contributed by atoms with Gasteiger partial charge in [-0.2, -0.15) is 0 Å². The minimum absolute atomic E-state index is 0.110. The van der Waals surface area contributed by atoms with Crippen molar-refractivity contribution in [2.45, 2.75) is 50.2 Å². The number of amides is 1. The van der Waals surface area contributed by atoms with Gasteiger partial charge in [0.05, 0.1) is 18.6 Å². The molecule has 0 saturated heterocycles. The number of azide groups is 2. The van der Waals surface area contributed by atoms with Crippen LogP contribution in [0.25, 0.3) is 20.9 Å². The van der Waals surface area contributed by atoms with Crippen molar-refractivity contribution >= 4 is 22.0 Å². The standard InChI is InChI=1S/C15H20BrN7O2/c1-14(9-19-22-17,10-20-23-18)25-13(24)21-15(7-2-8-15)11-3-5-12(16)6-4-11/h3,5H,2,4,6-10H2,1H3,(H,21,24). The van der Waals surface area contributed by atoms with Crippen LogP contribution in [-0.2, 0) is 4.74 Å². The SMILES string of the molecule is CC(CN=[N+]=[N-])(CN=[N+]=[N-])OC(=O)NC1(C2=CC=C(Br)CC2)CCC1. The number of rotatable bonds is 7. The Balaban J connectivity index is 2.08. The molecule has 0 atom stereocenters. The maximum Gasteiger partial charge on any atom is 0.408 e. The molecular formula is C15H20BrN7O2. The van der Waals surface area contributed by atoms with E-state index >= 15 is 0 Å². The lowest BCUT2D eigenvalue weighted by molar-refractivity contribution is 0.0288. The predicted octanol–water partition coefficient (Wildman–Crippen LogP) is 5.01. The van der Waals surface area contributed by atoms with Crippen molar-refractivity contribution in [1.82, 2.24) is 5.32 Å². The van der Waals surface area contributed by atoms with E-state index in [2.05, 4.69) is 41.3 Å². The van der Waals surface area contributed by atoms with Crippen LogP contribution in [0.15, 0.2) is 32.4 Å². The van der Waals surface area contributed by atoms with E-state index in [1.54, 1.807) is 6.92 Å². The van der Waals surface area contributed by atoms with Gasteiger partial charge in [0.1, 0.15) is 5.60 Å². The zero-order valence-electron chi connectivity index (χ0n) is 14.0. The number of alkyl carbamates (subject to hydrolysis) is 1. The number of allylic oxidation sites excluding steroid dienone is 3. The van der Waals surface area contributed by atoms with Gasteiger partial charge in [-0.1, -0.05) is 38.3 Å². The van der Waals surface area contributed by atoms with Crippen LogP contribution in [0.1, 0.15) is 39.0 Å². The first-order valence-electron chi connectivity index (χ1n) is 8.02. The zero-order valence-corrected chi connectivity index (χ0v) is 15.6. The topological polar surface area (TPSA) is 136 Å². The molecule has 0 unspecified atom stereocenters. The van der Waals surface area contributed by atoms with E-state index in [1.165, 1.54) is 5.57 Å². The molecule has 0 bridgehead atoms. The Hall–Kier alpha value is -2.15. The smallest absolute Gasteiger partial charge is 0.408 e. The maximum absolute atomic E-state index is 12.4. The van der Waals surface area contributed by atoms with Crippen molar-refractivity contribution in [3.8, 4) is 0 Å². The van der Waals surface area contributed by atoms with Crippen LogP contribution in [0.5, 0.6) is 0 Å². The van der Waals surface area contributed by atoms with Crippen LogP contribution in [0, 0.1) is 0 Å². The third-order valence-electron chi connectivity index (χ3n) is 4.54. The molecule has 10 heteroatoms. The summed E-state index contributed by atoms with van der Waals surface area (Å²) in [5, 5.41) is 9.87. The molecule has 1 saturated carbocycles. The van der Waals surface area contributed by atoms with Crippen LogP contribution in [0.4, 0.5) is 4.79 Å². The van der Waals surface area contributed by atoms with Crippen molar-refractivity contribution < 1.29 is 9.53 Å². The minimum Gasteiger partial charge on any atom is -0.443 e. The Morgan fingerprint density at radius 3 is 2.40 bits per heavy atom. The summed E-state index contributed by atoms with van der Waals surface area (Å²) in [6.07, 6.45) is 8.02. The highest BCUT2D eigenvalue weighted by Crippen LogP contribution is 2.42. The number of hydrogen-bond acceptors (Lipinski definition) is 4. The highest BCUT2D eigenvalue weighted by Gasteiger charge is 2.43. The molecule has 9 nitrogen and oxygen atoms in total. The van der Waals surface area contributed by atoms with Crippen LogP contribution < -0.4 is 5.32 Å². The van der Waals surface area contributed by atoms with Gasteiger partial charge in [-0.25, -0.2) is 4.79 Å². The number of ether oxygens (including phenoxy) is 1. The molecule has 25 heavy (non-hydrogen) atoms. The lowest BCUT2D eigenvalue weighted by atomic mass is 9.69. The second-order valence-electron chi connectivity index (χ2n) is 6.48. The molecule has 0 spiro atoms. The molecule has 2 aliphatic rings. The number of nitrogens with one attached hydrogen (secondary N) is 1. The van der Waals surface area contributed by atoms with Crippen molar-refractivity contribution in [2.24, 2.45) is 10.2 Å². The molecular weight excluding hydrogens is 390 g/mol. The molecule has 1 N–H and O–H groups in total. The Morgan fingerprint density at radius 2 is 1.96 bits per heavy atom. The molecule has 0 radical (unpaired) electrons. The van der Waals surface area contributed by atoms with Gasteiger partial charge in [0, 0.05) is 9.82 Å². The van der Waals surface area contributed by atoms with Gasteiger partial charge in [-0.05, 0) is 60.1 Å². The lowest BCUT2D eigenvalue weighted by Crippen LogP contribution is -2.56. The highest BCUT2D eigenvalue weighted by molar-refractivity contribution is 9.11. The van der Waals surface area contributed by atoms with Gasteiger partial charge in [-0.15, -0.1) is 0 Å². The second-order valence-corrected chi connectivity index (χ2v) is 7.50. The summed E-state index contributed by atoms with van der Waals surface area (Å²) in [4.78, 5) is 17.8. The summed E-state index contributed by atoms with van der Waals surface area (Å²) < 4.78 is 6.60. The van der Waals surface area contributed by atoms with E-state index in [9.17, 15) is 4.79 Å². The molecule has 2 rings (SSSR count). The van der Waals surface area contributed by atoms with Gasteiger partial charge in [0.2, 0.25) is 0 Å². The van der Waals surface area contributed by atoms with Crippen LogP contribution in [0.3, 0.4) is 0 Å². The molecule has 0 aromatic heterocycles. The predicted molar refractivity (Wildman–Crippen MR) is 97.0 cm³/mol. The summed E-state index contributed by atoms with van der Waals surface area (Å²) in [6.45, 7) is 1.35. The molecule has 1 amide bonds. The zero-order chi connectivity index (χ0) is 18.3. The Bertz CT molecular complexity index is 666. The van der Waals surface area contributed by atoms with E-state index in [1.807, 2.05) is 12.2 Å². The van der Waals surface area contributed by atoms with Crippen molar-refractivity contribution in [2.75, 3.05) is 13.1 Å². The number of halogens is 1. The highest BCUT2D eigenvalue weighted by atomic mass is 79.9. The van der Waals surface area contributed by atoms with Gasteiger partial charge in [-0.3, -0.25) is 0 Å². The van der Waals surface area contributed by atoms with Crippen molar-refractivity contribution in [3.05, 3.63) is 43.1 Å². The first-order chi connectivity index (χ1) is 11.9. The Kier molecular flexibility index (Phi) is 6.36. The summed E-state index contributed by atoms with van der Waals surface area (Å²) in [7, 11) is 0.